The average Bonchev–Trinajstić information content (AvgIpc) is 1.31. The van der Waals surface area contributed by atoms with Crippen molar-refractivity contribution in [2.75, 3.05) is 0 Å². The Kier molecular flexibility index (Phi) is 4.00. The van der Waals surface area contributed by atoms with Gasteiger partial charge >= 0.3 is 12.5 Å². The molecule has 7 heavy (non-hydrogen) atoms. The molecule has 1 radical (unpaired) electrons. The quantitative estimate of drug-likeness (QED) is 0.482. The molecule has 43 valence electrons. The zero-order chi connectivity index (χ0) is 6.08. The zero-order valence-corrected chi connectivity index (χ0v) is 8.67. The summed E-state index contributed by atoms with van der Waals surface area (Å²) in [6.45, 7) is -1.67. The fourth-order valence-electron chi connectivity index (χ4n) is 0. The maximum absolute atomic E-state index is 5.32. The first-order valence-corrected chi connectivity index (χ1v) is 10.8. The van der Waals surface area contributed by atoms with Crippen LogP contribution in [0, 0.1) is 0 Å². The molecule has 0 unspecified atom stereocenters. The molecule has 0 aliphatic carbocycles. The molecule has 0 aliphatic rings. The van der Waals surface area contributed by atoms with Gasteiger partial charge in [0, 0.05) is 0 Å². The lowest BCUT2D eigenvalue weighted by molar-refractivity contribution is 3.61. The minimum atomic E-state index is -2.69. The molecule has 0 saturated carbocycles. The summed E-state index contributed by atoms with van der Waals surface area (Å²) in [6, 6.07) is 0. The Labute approximate surface area is 67.6 Å². The van der Waals surface area contributed by atoms with Crippen molar-refractivity contribution in [1.82, 2.24) is 0 Å². The highest BCUT2D eigenvalue weighted by Gasteiger charge is 2.36. The van der Waals surface area contributed by atoms with E-state index in [0.717, 1.165) is 0 Å². The molecule has 0 fully saturated rings. The van der Waals surface area contributed by atoms with E-state index in [0.29, 0.717) is 0 Å². The van der Waals surface area contributed by atoms with Gasteiger partial charge in [0.05, 0.1) is 0 Å². The predicted octanol–water partition coefficient (Wildman–Crippen LogP) is 2.69. The molecule has 0 atom stereocenters. The smallest absolute Gasteiger partial charge is 0.146 e. The first-order valence-electron chi connectivity index (χ1n) is 1.19. The van der Waals surface area contributed by atoms with Crippen LogP contribution in [0.4, 0.5) is 0 Å². The fourth-order valence-corrected chi connectivity index (χ4v) is 0. The summed E-state index contributed by atoms with van der Waals surface area (Å²) in [5.41, 5.74) is -2.69. The van der Waals surface area contributed by atoms with Gasteiger partial charge in [0.2, 0.25) is 0 Å². The number of rotatable bonds is 1. The van der Waals surface area contributed by atoms with Crippen molar-refractivity contribution in [2.45, 2.75) is 0 Å². The second-order valence-electron chi connectivity index (χ2n) is 0.758. The van der Waals surface area contributed by atoms with Gasteiger partial charge in [-0.25, -0.2) is 0 Å². The Balaban J connectivity index is 3.54. The normalized spacial score (nSPS) is 12.9. The van der Waals surface area contributed by atoms with Crippen LogP contribution in [0.5, 0.6) is 0 Å². The summed E-state index contributed by atoms with van der Waals surface area (Å²) in [7, 11) is 0. The maximum atomic E-state index is 5.32. The van der Waals surface area contributed by atoms with E-state index in [2.05, 4.69) is 0 Å². The highest BCUT2D eigenvalue weighted by atomic mass is 35.9. The van der Waals surface area contributed by atoms with Crippen LogP contribution in [-0.4, -0.2) is 12.5 Å². The van der Waals surface area contributed by atoms with Crippen LogP contribution < -0.4 is 0 Å². The van der Waals surface area contributed by atoms with Gasteiger partial charge in [-0.1, -0.05) is 0 Å². The molecule has 0 nitrogen and oxygen atoms in total. The molecular formula is Cl5Si2. The van der Waals surface area contributed by atoms with Crippen molar-refractivity contribution in [3.63, 3.8) is 0 Å². The standard InChI is InChI=1S/Cl5Si2/c1-6(2)7(3,4)5. The Morgan fingerprint density at radius 1 is 1.00 bits per heavy atom. The third-order valence-corrected chi connectivity index (χ3v) is 17.4. The Morgan fingerprint density at radius 3 is 1.14 bits per heavy atom. The lowest BCUT2D eigenvalue weighted by Gasteiger charge is -2.02. The summed E-state index contributed by atoms with van der Waals surface area (Å²) in [4.78, 5) is 0. The van der Waals surface area contributed by atoms with Gasteiger partial charge in [-0.05, 0) is 0 Å². The molecule has 0 aromatic rings. The molecule has 0 aromatic heterocycles. The van der Waals surface area contributed by atoms with Gasteiger partial charge in [0.25, 0.3) is 0 Å². The summed E-state index contributed by atoms with van der Waals surface area (Å²) in [6.07, 6.45) is 0. The van der Waals surface area contributed by atoms with E-state index in [1.807, 2.05) is 0 Å². The van der Waals surface area contributed by atoms with E-state index in [1.54, 1.807) is 0 Å². The Bertz CT molecular complexity index is 51.6. The fraction of sp³-hybridized carbons (Fsp3) is 0. The van der Waals surface area contributed by atoms with Crippen molar-refractivity contribution in [2.24, 2.45) is 0 Å². The van der Waals surface area contributed by atoms with Gasteiger partial charge in [-0.2, -0.15) is 0 Å². The third-order valence-electron chi connectivity index (χ3n) is 0.214. The first kappa shape index (κ1) is 8.88. The van der Waals surface area contributed by atoms with E-state index in [1.165, 1.54) is 0 Å². The van der Waals surface area contributed by atoms with Gasteiger partial charge in [-0.3, -0.25) is 0 Å². The highest BCUT2D eigenvalue weighted by molar-refractivity contribution is 7.97. The molecular weight excluding hydrogens is 233 g/mol. The Hall–Kier alpha value is 1.88. The van der Waals surface area contributed by atoms with Crippen molar-refractivity contribution >= 4 is 67.8 Å². The number of halogens is 5. The molecule has 0 saturated heterocycles. The van der Waals surface area contributed by atoms with Crippen LogP contribution in [0.3, 0.4) is 0 Å². The molecule has 7 heteroatoms. The predicted molar refractivity (Wildman–Crippen MR) is 40.8 cm³/mol. The van der Waals surface area contributed by atoms with E-state index < -0.39 is 12.5 Å². The number of hydrogen-bond acceptors (Lipinski definition) is 0. The van der Waals surface area contributed by atoms with E-state index in [4.69, 9.17) is 55.4 Å². The second-order valence-corrected chi connectivity index (χ2v) is 20.5. The zero-order valence-electron chi connectivity index (χ0n) is 2.89. The average molecular weight is 233 g/mol. The lowest BCUT2D eigenvalue weighted by Crippen LogP contribution is -2.25. The number of hydrogen-bond donors (Lipinski definition) is 0. The van der Waals surface area contributed by atoms with Crippen LogP contribution in [0.15, 0.2) is 0 Å². The Morgan fingerprint density at radius 2 is 1.14 bits per heavy atom. The first-order chi connectivity index (χ1) is 2.94. The molecule has 0 aliphatic heterocycles. The molecule has 0 spiro atoms. The summed E-state index contributed by atoms with van der Waals surface area (Å²) >= 11 is 26.5. The van der Waals surface area contributed by atoms with Gasteiger partial charge in [-0.15, -0.1) is 55.4 Å². The van der Waals surface area contributed by atoms with Gasteiger partial charge in [0.1, 0.15) is 0 Å². The second kappa shape index (κ2) is 3.15. The lowest BCUT2D eigenvalue weighted by atomic mass is 26.8. The van der Waals surface area contributed by atoms with E-state index in [-0.39, 0.29) is 0 Å². The van der Waals surface area contributed by atoms with Gasteiger partial charge < -0.3 is 0 Å². The van der Waals surface area contributed by atoms with Crippen molar-refractivity contribution in [3.05, 3.63) is 0 Å². The van der Waals surface area contributed by atoms with Crippen LogP contribution in [0.25, 0.3) is 0 Å². The third kappa shape index (κ3) is 4.39. The largest absolute Gasteiger partial charge is 0.358 e. The molecule has 0 heterocycles. The molecule has 0 bridgehead atoms. The minimum absolute atomic E-state index is 1.67. The van der Waals surface area contributed by atoms with Crippen molar-refractivity contribution in [1.29, 1.82) is 0 Å². The SMILES string of the molecule is Cl[Si](Cl)[Si](Cl)(Cl)Cl. The highest BCUT2D eigenvalue weighted by Crippen LogP contribution is 2.26. The summed E-state index contributed by atoms with van der Waals surface area (Å²) < 4.78 is 0. The van der Waals surface area contributed by atoms with Crippen LogP contribution >= 0.6 is 55.4 Å². The molecule has 0 N–H and O–H groups in total. The molecule has 0 amide bonds. The summed E-state index contributed by atoms with van der Waals surface area (Å²) in [5.74, 6) is 0. The minimum Gasteiger partial charge on any atom is -0.146 e. The van der Waals surface area contributed by atoms with Gasteiger partial charge in [0.15, 0.2) is 0 Å². The van der Waals surface area contributed by atoms with E-state index in [9.17, 15) is 0 Å². The van der Waals surface area contributed by atoms with Crippen molar-refractivity contribution in [3.8, 4) is 0 Å². The van der Waals surface area contributed by atoms with Crippen LogP contribution in [-0.2, 0) is 0 Å². The summed E-state index contributed by atoms with van der Waals surface area (Å²) in [5, 5.41) is 0. The molecule has 0 rings (SSSR count). The monoisotopic (exact) mass is 231 g/mol. The maximum Gasteiger partial charge on any atom is 0.358 e. The van der Waals surface area contributed by atoms with Crippen LogP contribution in [0.2, 0.25) is 0 Å². The topological polar surface area (TPSA) is 0 Å². The molecule has 0 aromatic carbocycles. The van der Waals surface area contributed by atoms with Crippen molar-refractivity contribution < 1.29 is 0 Å². The van der Waals surface area contributed by atoms with Crippen LogP contribution in [0.1, 0.15) is 0 Å². The van der Waals surface area contributed by atoms with E-state index >= 15 is 0 Å².